The summed E-state index contributed by atoms with van der Waals surface area (Å²) in [5.41, 5.74) is 2.89. The summed E-state index contributed by atoms with van der Waals surface area (Å²) in [4.78, 5) is 5.59. The van der Waals surface area contributed by atoms with Crippen molar-refractivity contribution in [1.29, 1.82) is 0 Å². The Morgan fingerprint density at radius 3 is 3.00 bits per heavy atom. The molecule has 4 heteroatoms. The molecule has 14 heavy (non-hydrogen) atoms. The molecule has 0 fully saturated rings. The smallest absolute Gasteiger partial charge is 0.106 e. The highest BCUT2D eigenvalue weighted by Crippen LogP contribution is 2.24. The number of hydrogen-bond donors (Lipinski definition) is 0. The Hall–Kier alpha value is -1.16. The number of hydrogen-bond acceptors (Lipinski definition) is 3. The highest BCUT2D eigenvalue weighted by Gasteiger charge is 2.24. The first-order valence-electron chi connectivity index (χ1n) is 4.32. The minimum absolute atomic E-state index is 0.465. The molecule has 0 aliphatic carbocycles. The highest BCUT2D eigenvalue weighted by molar-refractivity contribution is 7.86. The molecule has 1 heterocycles. The van der Waals surface area contributed by atoms with Crippen LogP contribution in [0, 0.1) is 6.92 Å². The van der Waals surface area contributed by atoms with E-state index in [1.54, 1.807) is 0 Å². The van der Waals surface area contributed by atoms with E-state index >= 15 is 0 Å². The monoisotopic (exact) mass is 209 g/mol. The van der Waals surface area contributed by atoms with Crippen LogP contribution >= 0.6 is 0 Å². The predicted molar refractivity (Wildman–Crippen MR) is 56.0 cm³/mol. The molecule has 0 bridgehead atoms. The van der Waals surface area contributed by atoms with Crippen LogP contribution in [0.4, 0.5) is 0 Å². The van der Waals surface area contributed by atoms with Gasteiger partial charge in [-0.05, 0) is 19.1 Å². The van der Waals surface area contributed by atoms with Crippen LogP contribution in [0.1, 0.15) is 11.1 Å². The van der Waals surface area contributed by atoms with Gasteiger partial charge in [-0.25, -0.2) is 0 Å². The Bertz CT molecular complexity index is 426. The lowest BCUT2D eigenvalue weighted by atomic mass is 10.1. The molecule has 3 nitrogen and oxygen atoms in total. The maximum absolute atomic E-state index is 11.6. The average Bonchev–Trinajstić information content (AvgIpc) is 2.44. The van der Waals surface area contributed by atoms with Gasteiger partial charge in [0.15, 0.2) is 0 Å². The van der Waals surface area contributed by atoms with Crippen molar-refractivity contribution in [1.82, 2.24) is 0 Å². The third kappa shape index (κ3) is 1.46. The summed E-state index contributed by atoms with van der Waals surface area (Å²) < 4.78 is 11.6. The van der Waals surface area contributed by atoms with Crippen LogP contribution in [0.3, 0.4) is 0 Å². The van der Waals surface area contributed by atoms with Gasteiger partial charge in [0.05, 0.1) is 16.6 Å². The van der Waals surface area contributed by atoms with Gasteiger partial charge in [-0.1, -0.05) is 16.8 Å². The molecule has 0 N–H and O–H groups in total. The fourth-order valence-electron chi connectivity index (χ4n) is 1.53. The molecule has 0 radical (unpaired) electrons. The molecule has 2 rings (SSSR count). The van der Waals surface area contributed by atoms with E-state index in [4.69, 9.17) is 4.84 Å². The summed E-state index contributed by atoms with van der Waals surface area (Å²) in [5.74, 6) is 0.465. The average molecular weight is 209 g/mol. The van der Waals surface area contributed by atoms with Gasteiger partial charge < -0.3 is 4.84 Å². The van der Waals surface area contributed by atoms with Crippen molar-refractivity contribution in [2.45, 2.75) is 11.8 Å². The zero-order valence-corrected chi connectivity index (χ0v) is 8.93. The quantitative estimate of drug-likeness (QED) is 0.657. The number of rotatable bonds is 1. The van der Waals surface area contributed by atoms with Gasteiger partial charge in [0.2, 0.25) is 0 Å². The molecule has 74 valence electrons. The molecule has 0 spiro atoms. The number of oxime groups is 1. The standard InChI is InChI=1S/C10H11NO2S/c1-7-3-4-10-8(5-7)9(11-13-2)6-14(10)12/h3-5H,6H2,1-2H3/b11-9-. The van der Waals surface area contributed by atoms with Gasteiger partial charge in [0.25, 0.3) is 0 Å². The van der Waals surface area contributed by atoms with E-state index in [0.717, 1.165) is 21.7 Å². The molecule has 1 aliphatic heterocycles. The molecule has 1 aromatic rings. The largest absolute Gasteiger partial charge is 0.399 e. The molecular formula is C10H11NO2S. The van der Waals surface area contributed by atoms with Gasteiger partial charge in [0, 0.05) is 10.5 Å². The van der Waals surface area contributed by atoms with Crippen LogP contribution in [-0.2, 0) is 15.6 Å². The van der Waals surface area contributed by atoms with Gasteiger partial charge in [0.1, 0.15) is 12.8 Å². The minimum Gasteiger partial charge on any atom is -0.399 e. The Kier molecular flexibility index (Phi) is 2.37. The summed E-state index contributed by atoms with van der Waals surface area (Å²) in [5, 5.41) is 3.88. The third-order valence-electron chi connectivity index (χ3n) is 2.16. The third-order valence-corrected chi connectivity index (χ3v) is 3.54. The normalized spacial score (nSPS) is 22.4. The van der Waals surface area contributed by atoms with E-state index in [1.807, 2.05) is 25.1 Å². The first-order chi connectivity index (χ1) is 6.72. The minimum atomic E-state index is -0.948. The first-order valence-corrected chi connectivity index (χ1v) is 5.63. The predicted octanol–water partition coefficient (Wildman–Crippen LogP) is 1.47. The first kappa shape index (κ1) is 9.40. The molecule has 1 aromatic carbocycles. The molecule has 0 amide bonds. The molecule has 0 saturated heterocycles. The number of benzene rings is 1. The summed E-state index contributed by atoms with van der Waals surface area (Å²) >= 11 is 0. The highest BCUT2D eigenvalue weighted by atomic mass is 32.2. The van der Waals surface area contributed by atoms with Crippen LogP contribution in [0.2, 0.25) is 0 Å². The lowest BCUT2D eigenvalue weighted by Gasteiger charge is -1.99. The zero-order valence-electron chi connectivity index (χ0n) is 8.11. The second-order valence-electron chi connectivity index (χ2n) is 3.21. The SMILES string of the molecule is CO/N=C1/CS(=O)c2ccc(C)cc21. The van der Waals surface area contributed by atoms with Crippen molar-refractivity contribution in [3.63, 3.8) is 0 Å². The van der Waals surface area contributed by atoms with Crippen LogP contribution in [0.25, 0.3) is 0 Å². The van der Waals surface area contributed by atoms with Crippen molar-refractivity contribution < 1.29 is 9.05 Å². The van der Waals surface area contributed by atoms with Gasteiger partial charge in [-0.3, -0.25) is 4.21 Å². The molecule has 1 atom stereocenters. The van der Waals surface area contributed by atoms with E-state index < -0.39 is 10.8 Å². The summed E-state index contributed by atoms with van der Waals surface area (Å²) in [7, 11) is 0.555. The van der Waals surface area contributed by atoms with Crippen molar-refractivity contribution in [3.05, 3.63) is 29.3 Å². The summed E-state index contributed by atoms with van der Waals surface area (Å²) in [6, 6.07) is 5.86. The second kappa shape index (κ2) is 3.53. The van der Waals surface area contributed by atoms with Gasteiger partial charge >= 0.3 is 0 Å². The molecule has 0 saturated carbocycles. The van der Waals surface area contributed by atoms with Gasteiger partial charge in [-0.15, -0.1) is 0 Å². The fraction of sp³-hybridized carbons (Fsp3) is 0.300. The Morgan fingerprint density at radius 1 is 1.50 bits per heavy atom. The maximum atomic E-state index is 11.6. The Labute approximate surface area is 85.2 Å². The van der Waals surface area contributed by atoms with Crippen molar-refractivity contribution in [2.75, 3.05) is 12.9 Å². The van der Waals surface area contributed by atoms with E-state index in [9.17, 15) is 4.21 Å². The topological polar surface area (TPSA) is 38.7 Å². The maximum Gasteiger partial charge on any atom is 0.106 e. The van der Waals surface area contributed by atoms with Crippen molar-refractivity contribution in [3.8, 4) is 0 Å². The van der Waals surface area contributed by atoms with E-state index in [1.165, 1.54) is 7.11 Å². The molecule has 1 unspecified atom stereocenters. The number of aryl methyl sites for hydroxylation is 1. The Morgan fingerprint density at radius 2 is 2.29 bits per heavy atom. The van der Waals surface area contributed by atoms with Crippen LogP contribution in [0.15, 0.2) is 28.3 Å². The Balaban J connectivity index is 2.56. The van der Waals surface area contributed by atoms with E-state index in [2.05, 4.69) is 5.16 Å². The zero-order chi connectivity index (χ0) is 10.1. The molecule has 0 aromatic heterocycles. The van der Waals surface area contributed by atoms with Crippen molar-refractivity contribution >= 4 is 16.5 Å². The fourth-order valence-corrected chi connectivity index (χ4v) is 2.79. The number of nitrogens with zero attached hydrogens (tertiary/aromatic N) is 1. The second-order valence-corrected chi connectivity index (χ2v) is 4.63. The lowest BCUT2D eigenvalue weighted by Crippen LogP contribution is -2.01. The van der Waals surface area contributed by atoms with Crippen LogP contribution in [0.5, 0.6) is 0 Å². The van der Waals surface area contributed by atoms with Crippen LogP contribution < -0.4 is 0 Å². The number of fused-ring (bicyclic) bond motifs is 1. The van der Waals surface area contributed by atoms with Crippen LogP contribution in [-0.4, -0.2) is 22.8 Å². The molecular weight excluding hydrogens is 198 g/mol. The summed E-state index contributed by atoms with van der Waals surface area (Å²) in [6.07, 6.45) is 0. The van der Waals surface area contributed by atoms with Crippen molar-refractivity contribution in [2.24, 2.45) is 5.16 Å². The molecule has 1 aliphatic rings. The van der Waals surface area contributed by atoms with E-state index in [-0.39, 0.29) is 0 Å². The summed E-state index contributed by atoms with van der Waals surface area (Å²) in [6.45, 7) is 2.01. The van der Waals surface area contributed by atoms with E-state index in [0.29, 0.717) is 5.75 Å². The lowest BCUT2D eigenvalue weighted by molar-refractivity contribution is 0.213. The van der Waals surface area contributed by atoms with Gasteiger partial charge in [-0.2, -0.15) is 0 Å².